The van der Waals surface area contributed by atoms with Gasteiger partial charge in [0.25, 0.3) is 5.91 Å². The number of halogens is 1. The molecule has 1 aromatic heterocycles. The molecule has 2 fully saturated rings. The number of likely N-dealkylation sites (tertiary alicyclic amines) is 1. The molecule has 0 unspecified atom stereocenters. The Balaban J connectivity index is 1.80. The lowest BCUT2D eigenvalue weighted by Crippen LogP contribution is -2.41. The minimum absolute atomic E-state index is 0.0173. The third kappa shape index (κ3) is 3.60. The summed E-state index contributed by atoms with van der Waals surface area (Å²) in [6.07, 6.45) is 3.63. The van der Waals surface area contributed by atoms with Crippen LogP contribution in [0.4, 0.5) is 0 Å². The van der Waals surface area contributed by atoms with Crippen LogP contribution in [0.2, 0.25) is 0 Å². The van der Waals surface area contributed by atoms with Gasteiger partial charge in [0, 0.05) is 41.8 Å². The Labute approximate surface area is 167 Å². The van der Waals surface area contributed by atoms with Gasteiger partial charge in [-0.3, -0.25) is 9.69 Å². The molecule has 0 spiro atoms. The molecule has 1 aromatic carbocycles. The number of carbonyl (C=O) groups excluding carboxylic acids is 1. The first kappa shape index (κ1) is 18.8. The molecular weight excluding hydrogens is 410 g/mol. The number of fused-ring (bicyclic) bond motifs is 1. The molecular formula is C20H26BrN3O3. The van der Waals surface area contributed by atoms with E-state index in [4.69, 9.17) is 4.74 Å². The van der Waals surface area contributed by atoms with E-state index in [9.17, 15) is 9.90 Å². The van der Waals surface area contributed by atoms with Crippen LogP contribution >= 0.6 is 15.9 Å². The molecule has 4 rings (SSSR count). The molecule has 1 amide bonds. The largest absolute Gasteiger partial charge is 0.506 e. The number of rotatable bonds is 3. The molecule has 27 heavy (non-hydrogen) atoms. The number of nitrogens with zero attached hydrogens (tertiary/aromatic N) is 2. The van der Waals surface area contributed by atoms with Crippen molar-refractivity contribution in [1.82, 2.24) is 14.8 Å². The van der Waals surface area contributed by atoms with E-state index in [0.29, 0.717) is 42.9 Å². The number of benzene rings is 1. The number of nitrogens with one attached hydrogen (secondary N) is 1. The van der Waals surface area contributed by atoms with Crippen molar-refractivity contribution in [2.75, 3.05) is 39.4 Å². The number of carbonyl (C=O) groups is 1. The quantitative estimate of drug-likeness (QED) is 0.774. The molecule has 0 bridgehead atoms. The van der Waals surface area contributed by atoms with Crippen LogP contribution < -0.4 is 0 Å². The summed E-state index contributed by atoms with van der Waals surface area (Å²) < 4.78 is 6.05. The Bertz CT molecular complexity index is 852. The number of aryl methyl sites for hydroxylation is 1. The number of phenols is 1. The number of hydrogen-bond donors (Lipinski definition) is 2. The summed E-state index contributed by atoms with van der Waals surface area (Å²) in [5.74, 6) is 0.256. The first-order valence-corrected chi connectivity index (χ1v) is 10.5. The maximum Gasteiger partial charge on any atom is 0.256 e. The fourth-order valence-corrected chi connectivity index (χ4v) is 4.68. The van der Waals surface area contributed by atoms with Crippen LogP contribution in [-0.4, -0.2) is 65.2 Å². The highest BCUT2D eigenvalue weighted by molar-refractivity contribution is 9.10. The van der Waals surface area contributed by atoms with Crippen LogP contribution in [0.3, 0.4) is 0 Å². The summed E-state index contributed by atoms with van der Waals surface area (Å²) in [4.78, 5) is 20.9. The highest BCUT2D eigenvalue weighted by atomic mass is 79.9. The zero-order chi connectivity index (χ0) is 19.0. The van der Waals surface area contributed by atoms with E-state index < -0.39 is 0 Å². The molecule has 6 nitrogen and oxygen atoms in total. The van der Waals surface area contributed by atoms with Crippen LogP contribution in [0.25, 0.3) is 10.9 Å². The van der Waals surface area contributed by atoms with Gasteiger partial charge in [-0.1, -0.05) is 6.42 Å². The molecule has 2 aromatic rings. The monoisotopic (exact) mass is 435 g/mol. The molecule has 146 valence electrons. The number of aromatic nitrogens is 1. The topological polar surface area (TPSA) is 68.8 Å². The van der Waals surface area contributed by atoms with Gasteiger partial charge in [-0.2, -0.15) is 0 Å². The van der Waals surface area contributed by atoms with Crippen molar-refractivity contribution in [1.29, 1.82) is 0 Å². The van der Waals surface area contributed by atoms with Gasteiger partial charge in [-0.25, -0.2) is 0 Å². The predicted octanol–water partition coefficient (Wildman–Crippen LogP) is 3.40. The van der Waals surface area contributed by atoms with Gasteiger partial charge >= 0.3 is 0 Å². The maximum absolute atomic E-state index is 13.3. The second-order valence-electron chi connectivity index (χ2n) is 7.47. The van der Waals surface area contributed by atoms with Gasteiger partial charge in [0.05, 0.1) is 23.2 Å². The lowest BCUT2D eigenvalue weighted by atomic mass is 10.0. The molecule has 2 N–H and O–H groups in total. The van der Waals surface area contributed by atoms with Crippen LogP contribution in [0.5, 0.6) is 5.75 Å². The minimum Gasteiger partial charge on any atom is -0.506 e. The van der Waals surface area contributed by atoms with Gasteiger partial charge in [-0.15, -0.1) is 0 Å². The standard InChI is InChI=1S/C20H26BrN3O3/c1-13-17(20(26)24-7-9-27-10-8-24)18-14(12-23-5-3-2-4-6-23)19(25)15(21)11-16(18)22-13/h11,22,25H,2-10,12H2,1H3. The summed E-state index contributed by atoms with van der Waals surface area (Å²) in [7, 11) is 0. The summed E-state index contributed by atoms with van der Waals surface area (Å²) in [6.45, 7) is 7.01. The smallest absolute Gasteiger partial charge is 0.256 e. The SMILES string of the molecule is Cc1[nH]c2cc(Br)c(O)c(CN3CCCCC3)c2c1C(=O)N1CCOCC1. The molecule has 2 aliphatic heterocycles. The van der Waals surface area contributed by atoms with Gasteiger partial charge in [-0.05, 0) is 54.9 Å². The molecule has 0 radical (unpaired) electrons. The Kier molecular flexibility index (Phi) is 5.43. The average molecular weight is 436 g/mol. The van der Waals surface area contributed by atoms with Gasteiger partial charge in [0.2, 0.25) is 0 Å². The van der Waals surface area contributed by atoms with E-state index in [1.807, 2.05) is 17.9 Å². The molecule has 2 aliphatic rings. The van der Waals surface area contributed by atoms with Crippen molar-refractivity contribution >= 4 is 32.7 Å². The Hall–Kier alpha value is -1.57. The highest BCUT2D eigenvalue weighted by Crippen LogP contribution is 2.39. The molecule has 0 saturated carbocycles. The van der Waals surface area contributed by atoms with Gasteiger partial charge in [0.15, 0.2) is 0 Å². The Morgan fingerprint density at radius 1 is 1.22 bits per heavy atom. The molecule has 2 saturated heterocycles. The maximum atomic E-state index is 13.3. The van der Waals surface area contributed by atoms with Crippen molar-refractivity contribution in [2.45, 2.75) is 32.7 Å². The highest BCUT2D eigenvalue weighted by Gasteiger charge is 2.27. The van der Waals surface area contributed by atoms with E-state index in [0.717, 1.165) is 35.2 Å². The Morgan fingerprint density at radius 3 is 2.63 bits per heavy atom. The van der Waals surface area contributed by atoms with Crippen LogP contribution in [0.15, 0.2) is 10.5 Å². The van der Waals surface area contributed by atoms with Crippen LogP contribution in [0.1, 0.15) is 40.9 Å². The number of aromatic hydroxyl groups is 1. The van der Waals surface area contributed by atoms with Crippen LogP contribution in [-0.2, 0) is 11.3 Å². The zero-order valence-electron chi connectivity index (χ0n) is 15.7. The lowest BCUT2D eigenvalue weighted by Gasteiger charge is -2.28. The summed E-state index contributed by atoms with van der Waals surface area (Å²) >= 11 is 3.48. The second kappa shape index (κ2) is 7.81. The first-order chi connectivity index (χ1) is 13.1. The average Bonchev–Trinajstić information content (AvgIpc) is 3.01. The number of hydrogen-bond acceptors (Lipinski definition) is 4. The molecule has 7 heteroatoms. The summed E-state index contributed by atoms with van der Waals surface area (Å²) in [5.41, 5.74) is 3.25. The van der Waals surface area contributed by atoms with Crippen molar-refractivity contribution in [3.63, 3.8) is 0 Å². The van der Waals surface area contributed by atoms with Crippen molar-refractivity contribution in [3.05, 3.63) is 27.4 Å². The van der Waals surface area contributed by atoms with Crippen molar-refractivity contribution < 1.29 is 14.6 Å². The molecule has 0 atom stereocenters. The summed E-state index contributed by atoms with van der Waals surface area (Å²) in [6, 6.07) is 1.87. The lowest BCUT2D eigenvalue weighted by molar-refractivity contribution is 0.0303. The third-order valence-electron chi connectivity index (χ3n) is 5.64. The molecule has 3 heterocycles. The van der Waals surface area contributed by atoms with E-state index in [1.54, 1.807) is 0 Å². The number of aromatic amines is 1. The third-order valence-corrected chi connectivity index (χ3v) is 6.25. The number of H-pyrrole nitrogens is 1. The number of morpholine rings is 1. The van der Waals surface area contributed by atoms with Crippen LogP contribution in [0, 0.1) is 6.92 Å². The molecule has 0 aliphatic carbocycles. The second-order valence-corrected chi connectivity index (χ2v) is 8.33. The number of piperidine rings is 1. The number of ether oxygens (including phenoxy) is 1. The number of phenolic OH excluding ortho intramolecular Hbond substituents is 1. The van der Waals surface area contributed by atoms with Gasteiger partial charge < -0.3 is 19.7 Å². The van der Waals surface area contributed by atoms with Gasteiger partial charge in [0.1, 0.15) is 5.75 Å². The van der Waals surface area contributed by atoms with E-state index in [1.165, 1.54) is 19.3 Å². The normalized spacial score (nSPS) is 19.0. The van der Waals surface area contributed by atoms with Crippen molar-refractivity contribution in [2.24, 2.45) is 0 Å². The Morgan fingerprint density at radius 2 is 1.93 bits per heavy atom. The fraction of sp³-hybridized carbons (Fsp3) is 0.550. The van der Waals surface area contributed by atoms with E-state index >= 15 is 0 Å². The van der Waals surface area contributed by atoms with E-state index in [-0.39, 0.29) is 11.7 Å². The number of amides is 1. The zero-order valence-corrected chi connectivity index (χ0v) is 17.3. The van der Waals surface area contributed by atoms with E-state index in [2.05, 4.69) is 25.8 Å². The summed E-state index contributed by atoms with van der Waals surface area (Å²) in [5, 5.41) is 11.7. The predicted molar refractivity (Wildman–Crippen MR) is 108 cm³/mol. The van der Waals surface area contributed by atoms with Crippen molar-refractivity contribution in [3.8, 4) is 5.75 Å². The minimum atomic E-state index is 0.0173. The first-order valence-electron chi connectivity index (χ1n) is 9.68. The fourth-order valence-electron chi connectivity index (χ4n) is 4.22.